The third kappa shape index (κ3) is 5.31. The van der Waals surface area contributed by atoms with E-state index in [9.17, 15) is 8.42 Å². The van der Waals surface area contributed by atoms with E-state index >= 15 is 0 Å². The summed E-state index contributed by atoms with van der Waals surface area (Å²) in [5.74, 6) is 1.20. The minimum Gasteiger partial charge on any atom is -0.314 e. The van der Waals surface area contributed by atoms with Crippen LogP contribution in [0.2, 0.25) is 0 Å². The molecule has 1 heterocycles. The number of rotatable bonds is 8. The molecule has 0 aromatic rings. The molecule has 1 atom stereocenters. The lowest BCUT2D eigenvalue weighted by Crippen LogP contribution is -2.48. The molecule has 1 aliphatic heterocycles. The lowest BCUT2D eigenvalue weighted by Gasteiger charge is -2.32. The lowest BCUT2D eigenvalue weighted by molar-refractivity contribution is 0.254. The van der Waals surface area contributed by atoms with Crippen molar-refractivity contribution in [3.63, 3.8) is 0 Å². The zero-order chi connectivity index (χ0) is 14.6. The summed E-state index contributed by atoms with van der Waals surface area (Å²) in [6.45, 7) is 7.06. The molecule has 6 heteroatoms. The maximum absolute atomic E-state index is 12.3. The van der Waals surface area contributed by atoms with Crippen LogP contribution < -0.4 is 10.0 Å². The summed E-state index contributed by atoms with van der Waals surface area (Å²) in [5, 5.41) is 3.41. The van der Waals surface area contributed by atoms with E-state index < -0.39 is 10.2 Å². The first-order valence-corrected chi connectivity index (χ1v) is 9.39. The van der Waals surface area contributed by atoms with E-state index in [-0.39, 0.29) is 0 Å². The van der Waals surface area contributed by atoms with Gasteiger partial charge in [-0.25, -0.2) is 4.72 Å². The minimum absolute atomic E-state index is 0.436. The Morgan fingerprint density at radius 1 is 1.20 bits per heavy atom. The second-order valence-electron chi connectivity index (χ2n) is 6.56. The van der Waals surface area contributed by atoms with Gasteiger partial charge >= 0.3 is 0 Å². The van der Waals surface area contributed by atoms with Crippen molar-refractivity contribution in [2.75, 3.05) is 26.2 Å². The number of hydrogen-bond acceptors (Lipinski definition) is 3. The predicted molar refractivity (Wildman–Crippen MR) is 81.7 cm³/mol. The predicted octanol–water partition coefficient (Wildman–Crippen LogP) is 1.33. The number of hydrogen-bond donors (Lipinski definition) is 2. The van der Waals surface area contributed by atoms with Gasteiger partial charge in [-0.05, 0) is 37.6 Å². The largest absolute Gasteiger partial charge is 0.314 e. The van der Waals surface area contributed by atoms with Crippen molar-refractivity contribution in [1.82, 2.24) is 14.3 Å². The molecule has 0 spiro atoms. The van der Waals surface area contributed by atoms with Gasteiger partial charge in [0.25, 0.3) is 10.2 Å². The standard InChI is InChI=1S/C14H29N3O2S/c1-12(2)15-10-14-4-3-9-17(11-14)20(18,19)16-8-7-13-5-6-13/h12-16H,3-11H2,1-2H3. The van der Waals surface area contributed by atoms with Gasteiger partial charge in [0.15, 0.2) is 0 Å². The molecule has 1 saturated heterocycles. The van der Waals surface area contributed by atoms with Gasteiger partial charge in [0.1, 0.15) is 0 Å². The third-order valence-corrected chi connectivity index (χ3v) is 5.75. The quantitative estimate of drug-likeness (QED) is 0.711. The van der Waals surface area contributed by atoms with Crippen molar-refractivity contribution in [3.8, 4) is 0 Å². The van der Waals surface area contributed by atoms with Crippen molar-refractivity contribution in [3.05, 3.63) is 0 Å². The first-order chi connectivity index (χ1) is 9.47. The normalized spacial score (nSPS) is 25.2. The fourth-order valence-corrected chi connectivity index (χ4v) is 4.04. The summed E-state index contributed by atoms with van der Waals surface area (Å²) in [5.41, 5.74) is 0. The smallest absolute Gasteiger partial charge is 0.279 e. The highest BCUT2D eigenvalue weighted by Gasteiger charge is 2.29. The first-order valence-electron chi connectivity index (χ1n) is 7.95. The van der Waals surface area contributed by atoms with E-state index in [1.165, 1.54) is 12.8 Å². The second kappa shape index (κ2) is 7.20. The molecular weight excluding hydrogens is 274 g/mol. The number of piperidine rings is 1. The van der Waals surface area contributed by atoms with E-state index in [0.29, 0.717) is 31.6 Å². The molecule has 0 aromatic heterocycles. The minimum atomic E-state index is -3.27. The van der Waals surface area contributed by atoms with Gasteiger partial charge < -0.3 is 5.32 Å². The molecule has 118 valence electrons. The highest BCUT2D eigenvalue weighted by molar-refractivity contribution is 7.87. The van der Waals surface area contributed by atoms with Crippen molar-refractivity contribution >= 4 is 10.2 Å². The van der Waals surface area contributed by atoms with Gasteiger partial charge in [-0.3, -0.25) is 0 Å². The first kappa shape index (κ1) is 16.2. The van der Waals surface area contributed by atoms with Crippen LogP contribution in [-0.4, -0.2) is 44.9 Å². The van der Waals surface area contributed by atoms with Crippen LogP contribution in [0, 0.1) is 11.8 Å². The highest BCUT2D eigenvalue weighted by Crippen LogP contribution is 2.31. The summed E-state index contributed by atoms with van der Waals surface area (Å²) in [6, 6.07) is 0.457. The van der Waals surface area contributed by atoms with Crippen LogP contribution in [0.3, 0.4) is 0 Å². The fourth-order valence-electron chi connectivity index (χ4n) is 2.70. The van der Waals surface area contributed by atoms with Gasteiger partial charge in [-0.1, -0.05) is 26.7 Å². The zero-order valence-electron chi connectivity index (χ0n) is 12.8. The van der Waals surface area contributed by atoms with Crippen LogP contribution in [0.25, 0.3) is 0 Å². The molecule has 2 N–H and O–H groups in total. The van der Waals surface area contributed by atoms with Crippen molar-refractivity contribution in [2.24, 2.45) is 11.8 Å². The Bertz CT molecular complexity index is 393. The Labute approximate surface area is 123 Å². The van der Waals surface area contributed by atoms with Crippen LogP contribution >= 0.6 is 0 Å². The molecule has 5 nitrogen and oxygen atoms in total. The molecule has 0 radical (unpaired) electrons. The Hall–Kier alpha value is -0.170. The molecular formula is C14H29N3O2S. The van der Waals surface area contributed by atoms with Crippen molar-refractivity contribution in [1.29, 1.82) is 0 Å². The third-order valence-electron chi connectivity index (χ3n) is 4.17. The molecule has 1 saturated carbocycles. The average molecular weight is 303 g/mol. The highest BCUT2D eigenvalue weighted by atomic mass is 32.2. The molecule has 20 heavy (non-hydrogen) atoms. The Balaban J connectivity index is 1.76. The summed E-state index contributed by atoms with van der Waals surface area (Å²) >= 11 is 0. The van der Waals surface area contributed by atoms with Gasteiger partial charge in [0, 0.05) is 25.7 Å². The van der Waals surface area contributed by atoms with Crippen LogP contribution in [0.5, 0.6) is 0 Å². The Morgan fingerprint density at radius 2 is 1.95 bits per heavy atom. The maximum Gasteiger partial charge on any atom is 0.279 e. The molecule has 0 amide bonds. The topological polar surface area (TPSA) is 61.4 Å². The Morgan fingerprint density at radius 3 is 2.60 bits per heavy atom. The molecule has 2 rings (SSSR count). The summed E-state index contributed by atoms with van der Waals surface area (Å²) in [4.78, 5) is 0. The van der Waals surface area contributed by atoms with Crippen LogP contribution in [0.4, 0.5) is 0 Å². The maximum atomic E-state index is 12.3. The average Bonchev–Trinajstić information content (AvgIpc) is 3.21. The van der Waals surface area contributed by atoms with Crippen molar-refractivity contribution in [2.45, 2.75) is 52.0 Å². The van der Waals surface area contributed by atoms with Crippen molar-refractivity contribution < 1.29 is 8.42 Å². The second-order valence-corrected chi connectivity index (χ2v) is 8.32. The van der Waals surface area contributed by atoms with Gasteiger partial charge in [0.05, 0.1) is 0 Å². The fraction of sp³-hybridized carbons (Fsp3) is 1.00. The van der Waals surface area contributed by atoms with Gasteiger partial charge in [-0.15, -0.1) is 0 Å². The molecule has 2 aliphatic rings. The molecule has 0 aromatic carbocycles. The van der Waals surface area contributed by atoms with E-state index in [2.05, 4.69) is 23.9 Å². The zero-order valence-corrected chi connectivity index (χ0v) is 13.6. The number of nitrogens with zero attached hydrogens (tertiary/aromatic N) is 1. The van der Waals surface area contributed by atoms with E-state index in [1.807, 2.05) is 0 Å². The van der Waals surface area contributed by atoms with E-state index in [1.54, 1.807) is 4.31 Å². The van der Waals surface area contributed by atoms with E-state index in [4.69, 9.17) is 0 Å². The lowest BCUT2D eigenvalue weighted by atomic mass is 9.99. The van der Waals surface area contributed by atoms with Gasteiger partial charge in [-0.2, -0.15) is 12.7 Å². The van der Waals surface area contributed by atoms with E-state index in [0.717, 1.165) is 31.7 Å². The van der Waals surface area contributed by atoms with Gasteiger partial charge in [0.2, 0.25) is 0 Å². The van der Waals surface area contributed by atoms with Crippen LogP contribution in [0.15, 0.2) is 0 Å². The summed E-state index contributed by atoms with van der Waals surface area (Å²) < 4.78 is 28.9. The molecule has 2 fully saturated rings. The van der Waals surface area contributed by atoms with Crippen LogP contribution in [-0.2, 0) is 10.2 Å². The molecule has 0 bridgehead atoms. The summed E-state index contributed by atoms with van der Waals surface area (Å²) in [7, 11) is -3.27. The molecule has 1 unspecified atom stereocenters. The monoisotopic (exact) mass is 303 g/mol. The summed E-state index contributed by atoms with van der Waals surface area (Å²) in [6.07, 6.45) is 5.62. The van der Waals surface area contributed by atoms with Crippen LogP contribution in [0.1, 0.15) is 46.0 Å². The number of nitrogens with one attached hydrogen (secondary N) is 2. The molecule has 1 aliphatic carbocycles. The SMILES string of the molecule is CC(C)NCC1CCCN(S(=O)(=O)NCCC2CC2)C1. The Kier molecular flexibility index (Phi) is 5.84.